The highest BCUT2D eigenvalue weighted by atomic mass is 16.5. The molecule has 0 radical (unpaired) electrons. The average Bonchev–Trinajstić information content (AvgIpc) is 3.47. The summed E-state index contributed by atoms with van der Waals surface area (Å²) in [6.45, 7) is 3.25. The fraction of sp³-hybridized carbons (Fsp3) is 0.240. The number of carbonyl (C=O) groups excluding carboxylic acids is 1. The SMILES string of the molecule is CCc1ccc(-c2cc(C(=O)N3Cc4ccccc4C(c4cnn(C)c4)C3)no2)cc1. The van der Waals surface area contributed by atoms with Crippen molar-refractivity contribution in [1.29, 1.82) is 0 Å². The lowest BCUT2D eigenvalue weighted by Crippen LogP contribution is -2.38. The summed E-state index contributed by atoms with van der Waals surface area (Å²) in [5.74, 6) is 0.561. The van der Waals surface area contributed by atoms with E-state index < -0.39 is 0 Å². The number of benzene rings is 2. The second kappa shape index (κ2) is 7.87. The van der Waals surface area contributed by atoms with Crippen LogP contribution >= 0.6 is 0 Å². The standard InChI is InChI=1S/C25H24N4O2/c1-3-17-8-10-18(11-9-17)24-12-23(27-31-24)25(30)29-15-19-6-4-5-7-21(19)22(16-29)20-13-26-28(2)14-20/h4-14,22H,3,15-16H2,1-2H3. The minimum atomic E-state index is -0.122. The molecular formula is C25H24N4O2. The third-order valence-corrected chi connectivity index (χ3v) is 5.99. The molecule has 2 aromatic heterocycles. The first-order valence-electron chi connectivity index (χ1n) is 10.5. The lowest BCUT2D eigenvalue weighted by molar-refractivity contribution is 0.0714. The van der Waals surface area contributed by atoms with Crippen LogP contribution in [0.5, 0.6) is 0 Å². The maximum absolute atomic E-state index is 13.3. The molecule has 0 fully saturated rings. The zero-order chi connectivity index (χ0) is 21.4. The van der Waals surface area contributed by atoms with Gasteiger partial charge in [0, 0.05) is 43.9 Å². The van der Waals surface area contributed by atoms with Gasteiger partial charge in [-0.05, 0) is 28.7 Å². The maximum atomic E-state index is 13.3. The lowest BCUT2D eigenvalue weighted by atomic mass is 9.86. The van der Waals surface area contributed by atoms with Crippen LogP contribution in [0.2, 0.25) is 0 Å². The summed E-state index contributed by atoms with van der Waals surface area (Å²) in [7, 11) is 1.91. The Morgan fingerprint density at radius 3 is 2.71 bits per heavy atom. The fourth-order valence-corrected chi connectivity index (χ4v) is 4.25. The highest BCUT2D eigenvalue weighted by Gasteiger charge is 2.31. The third kappa shape index (κ3) is 3.65. The van der Waals surface area contributed by atoms with Gasteiger partial charge < -0.3 is 9.42 Å². The zero-order valence-corrected chi connectivity index (χ0v) is 17.7. The summed E-state index contributed by atoms with van der Waals surface area (Å²) in [5, 5.41) is 8.41. The van der Waals surface area contributed by atoms with Crippen LogP contribution in [0.25, 0.3) is 11.3 Å². The van der Waals surface area contributed by atoms with Crippen molar-refractivity contribution in [3.05, 3.63) is 94.9 Å². The summed E-state index contributed by atoms with van der Waals surface area (Å²) in [6, 6.07) is 18.2. The molecule has 3 heterocycles. The maximum Gasteiger partial charge on any atom is 0.276 e. The molecule has 6 nitrogen and oxygen atoms in total. The van der Waals surface area contributed by atoms with Crippen LogP contribution in [-0.2, 0) is 20.0 Å². The molecule has 0 saturated carbocycles. The van der Waals surface area contributed by atoms with Crippen LogP contribution in [0.4, 0.5) is 0 Å². The lowest BCUT2D eigenvalue weighted by Gasteiger charge is -2.34. The van der Waals surface area contributed by atoms with Crippen molar-refractivity contribution in [3.63, 3.8) is 0 Å². The fourth-order valence-electron chi connectivity index (χ4n) is 4.25. The van der Waals surface area contributed by atoms with Gasteiger partial charge in [0.2, 0.25) is 0 Å². The van der Waals surface area contributed by atoms with Gasteiger partial charge in [0.15, 0.2) is 11.5 Å². The van der Waals surface area contributed by atoms with Crippen molar-refractivity contribution in [3.8, 4) is 11.3 Å². The van der Waals surface area contributed by atoms with Crippen molar-refractivity contribution >= 4 is 5.91 Å². The first-order chi connectivity index (χ1) is 15.1. The number of nitrogens with zero attached hydrogens (tertiary/aromatic N) is 4. The molecule has 0 aliphatic carbocycles. The van der Waals surface area contributed by atoms with E-state index in [0.717, 1.165) is 23.1 Å². The number of hydrogen-bond acceptors (Lipinski definition) is 4. The molecule has 31 heavy (non-hydrogen) atoms. The Balaban J connectivity index is 1.42. The average molecular weight is 412 g/mol. The number of fused-ring (bicyclic) bond motifs is 1. The van der Waals surface area contributed by atoms with E-state index >= 15 is 0 Å². The number of rotatable bonds is 4. The van der Waals surface area contributed by atoms with Gasteiger partial charge in [-0.15, -0.1) is 0 Å². The molecule has 2 aromatic carbocycles. The normalized spacial score (nSPS) is 15.7. The highest BCUT2D eigenvalue weighted by Crippen LogP contribution is 2.34. The Bertz CT molecular complexity index is 1220. The topological polar surface area (TPSA) is 64.2 Å². The molecule has 1 unspecified atom stereocenters. The van der Waals surface area contributed by atoms with Gasteiger partial charge >= 0.3 is 0 Å². The second-order valence-electron chi connectivity index (χ2n) is 8.01. The Labute approximate surface area is 181 Å². The van der Waals surface area contributed by atoms with Gasteiger partial charge in [0.25, 0.3) is 5.91 Å². The quantitative estimate of drug-likeness (QED) is 0.498. The van der Waals surface area contributed by atoms with E-state index in [1.54, 1.807) is 10.7 Å². The van der Waals surface area contributed by atoms with Crippen molar-refractivity contribution in [1.82, 2.24) is 19.8 Å². The summed E-state index contributed by atoms with van der Waals surface area (Å²) in [6.07, 6.45) is 4.88. The minimum Gasteiger partial charge on any atom is -0.355 e. The van der Waals surface area contributed by atoms with Gasteiger partial charge in [0.05, 0.1) is 6.20 Å². The van der Waals surface area contributed by atoms with E-state index in [1.165, 1.54) is 11.1 Å². The predicted molar refractivity (Wildman–Crippen MR) is 118 cm³/mol. The van der Waals surface area contributed by atoms with Crippen LogP contribution in [0.15, 0.2) is 71.5 Å². The molecule has 0 saturated heterocycles. The molecule has 5 rings (SSSR count). The number of hydrogen-bond donors (Lipinski definition) is 0. The monoisotopic (exact) mass is 412 g/mol. The smallest absolute Gasteiger partial charge is 0.276 e. The first-order valence-corrected chi connectivity index (χ1v) is 10.5. The summed E-state index contributed by atoms with van der Waals surface area (Å²) < 4.78 is 7.31. The summed E-state index contributed by atoms with van der Waals surface area (Å²) >= 11 is 0. The molecule has 0 N–H and O–H groups in total. The molecule has 6 heteroatoms. The van der Waals surface area contributed by atoms with Crippen LogP contribution in [-0.4, -0.2) is 32.3 Å². The van der Waals surface area contributed by atoms with Gasteiger partial charge in [-0.2, -0.15) is 5.10 Å². The van der Waals surface area contributed by atoms with Gasteiger partial charge in [0.1, 0.15) is 0 Å². The molecule has 4 aromatic rings. The van der Waals surface area contributed by atoms with E-state index in [2.05, 4.69) is 41.4 Å². The van der Waals surface area contributed by atoms with E-state index in [1.807, 2.05) is 48.6 Å². The Morgan fingerprint density at radius 2 is 1.97 bits per heavy atom. The molecule has 1 atom stereocenters. The number of carbonyl (C=O) groups is 1. The Kier molecular flexibility index (Phi) is 4.90. The minimum absolute atomic E-state index is 0.0792. The third-order valence-electron chi connectivity index (χ3n) is 5.99. The van der Waals surface area contributed by atoms with Gasteiger partial charge in [-0.3, -0.25) is 9.48 Å². The van der Waals surface area contributed by atoms with Crippen molar-refractivity contribution < 1.29 is 9.32 Å². The molecule has 156 valence electrons. The number of aromatic nitrogens is 3. The molecule has 1 aliphatic heterocycles. The van der Waals surface area contributed by atoms with Crippen molar-refractivity contribution in [2.75, 3.05) is 6.54 Å². The highest BCUT2D eigenvalue weighted by molar-refractivity contribution is 5.93. The number of aryl methyl sites for hydroxylation is 2. The largest absolute Gasteiger partial charge is 0.355 e. The van der Waals surface area contributed by atoms with Crippen molar-refractivity contribution in [2.45, 2.75) is 25.8 Å². The van der Waals surface area contributed by atoms with E-state index in [-0.39, 0.29) is 11.8 Å². The van der Waals surface area contributed by atoms with Crippen LogP contribution in [0.1, 0.15) is 45.6 Å². The van der Waals surface area contributed by atoms with Gasteiger partial charge in [-0.25, -0.2) is 0 Å². The molecule has 1 aliphatic rings. The van der Waals surface area contributed by atoms with Gasteiger partial charge in [-0.1, -0.05) is 60.6 Å². The number of amides is 1. The van der Waals surface area contributed by atoms with E-state index in [4.69, 9.17) is 4.52 Å². The first kappa shape index (κ1) is 19.3. The Hall–Kier alpha value is -3.67. The Morgan fingerprint density at radius 1 is 1.16 bits per heavy atom. The summed E-state index contributed by atoms with van der Waals surface area (Å²) in [4.78, 5) is 15.2. The molecule has 0 bridgehead atoms. The zero-order valence-electron chi connectivity index (χ0n) is 17.7. The van der Waals surface area contributed by atoms with Crippen LogP contribution < -0.4 is 0 Å². The molecule has 1 amide bonds. The van der Waals surface area contributed by atoms with Crippen molar-refractivity contribution in [2.24, 2.45) is 7.05 Å². The second-order valence-corrected chi connectivity index (χ2v) is 8.01. The predicted octanol–water partition coefficient (Wildman–Crippen LogP) is 4.43. The molecule has 0 spiro atoms. The van der Waals surface area contributed by atoms with Crippen LogP contribution in [0, 0.1) is 0 Å². The van der Waals surface area contributed by atoms with Crippen LogP contribution in [0.3, 0.4) is 0 Å². The molecular weight excluding hydrogens is 388 g/mol. The summed E-state index contributed by atoms with van der Waals surface area (Å²) in [5.41, 5.74) is 6.00. The van der Waals surface area contributed by atoms with E-state index in [9.17, 15) is 4.79 Å². The van der Waals surface area contributed by atoms with E-state index in [0.29, 0.717) is 24.5 Å².